The number of aromatic nitrogens is 5. The number of aryl methyl sites for hydroxylation is 2. The summed E-state index contributed by atoms with van der Waals surface area (Å²) in [6.07, 6.45) is 14.3. The van der Waals surface area contributed by atoms with Crippen molar-refractivity contribution in [1.82, 2.24) is 24.5 Å². The van der Waals surface area contributed by atoms with Crippen molar-refractivity contribution in [1.29, 1.82) is 0 Å². The van der Waals surface area contributed by atoms with Gasteiger partial charge in [0, 0.05) is 44.2 Å². The predicted molar refractivity (Wildman–Crippen MR) is 221 cm³/mol. The first kappa shape index (κ1) is 38.6. The van der Waals surface area contributed by atoms with E-state index in [0.717, 1.165) is 11.5 Å². The highest BCUT2D eigenvalue weighted by Gasteiger charge is 2.12. The lowest BCUT2D eigenvalue weighted by Crippen LogP contribution is -2.00. The molecule has 0 spiro atoms. The number of aliphatic imine (C=N–C) groups is 3. The number of hydrogen-bond donors (Lipinski definition) is 0. The van der Waals surface area contributed by atoms with Crippen LogP contribution in [0.3, 0.4) is 0 Å². The molecule has 7 rings (SSSR count). The summed E-state index contributed by atoms with van der Waals surface area (Å²) < 4.78 is 1.95. The molecule has 3 heterocycles. The lowest BCUT2D eigenvalue weighted by atomic mass is 9.98. The Morgan fingerprint density at radius 3 is 1.61 bits per heavy atom. The molecule has 0 aliphatic heterocycles. The van der Waals surface area contributed by atoms with E-state index in [-0.39, 0.29) is 18.1 Å². The number of nitrogens with zero attached hydrogens (tertiary/aromatic N) is 8. The molecular weight excluding hydrogens is 665 g/mol. The summed E-state index contributed by atoms with van der Waals surface area (Å²) in [7, 11) is 1.96. The van der Waals surface area contributed by atoms with E-state index >= 15 is 0 Å². The molecule has 54 heavy (non-hydrogen) atoms. The highest BCUT2D eigenvalue weighted by Crippen LogP contribution is 2.26. The van der Waals surface area contributed by atoms with Gasteiger partial charge in [0.1, 0.15) is 5.82 Å². The highest BCUT2D eigenvalue weighted by molar-refractivity contribution is 5.77. The fourth-order valence-corrected chi connectivity index (χ4v) is 5.31. The fourth-order valence-electron chi connectivity index (χ4n) is 5.31. The standard InChI is InChI=1S/C20H18N2.C13H15N3.C13H13N3/c1-16-8-7-11-18(14-16)20(17-9-3-2-4-10-17)22-15-19-12-5-6-13-21-19;1-11(12-6-4-3-5-7-12)15-10-13-14-8-9-16(13)2;1-11(12-6-3-2-4-7-12)16-10-13-14-8-5-9-15-13/h2-15,20H,1H3;3-11H,1-2H3;2-11H,1H3/t;2*11-/m.00/s1. The molecule has 1 unspecified atom stereocenters. The second-order valence-corrected chi connectivity index (χ2v) is 12.5. The maximum absolute atomic E-state index is 4.79. The summed E-state index contributed by atoms with van der Waals surface area (Å²) in [5.41, 5.74) is 6.89. The van der Waals surface area contributed by atoms with Gasteiger partial charge < -0.3 is 4.57 Å². The first-order valence-corrected chi connectivity index (χ1v) is 17.9. The van der Waals surface area contributed by atoms with E-state index in [0.29, 0.717) is 5.82 Å². The van der Waals surface area contributed by atoms with Gasteiger partial charge in [0.15, 0.2) is 5.82 Å². The van der Waals surface area contributed by atoms with E-state index in [9.17, 15) is 0 Å². The zero-order valence-corrected chi connectivity index (χ0v) is 31.2. The van der Waals surface area contributed by atoms with Crippen LogP contribution in [0.5, 0.6) is 0 Å². The lowest BCUT2D eigenvalue weighted by Gasteiger charge is -2.14. The maximum atomic E-state index is 4.79. The van der Waals surface area contributed by atoms with Gasteiger partial charge in [-0.25, -0.2) is 15.0 Å². The van der Waals surface area contributed by atoms with Crippen molar-refractivity contribution >= 4 is 18.6 Å². The van der Waals surface area contributed by atoms with Crippen LogP contribution in [-0.4, -0.2) is 43.1 Å². The van der Waals surface area contributed by atoms with Crippen molar-refractivity contribution in [2.75, 3.05) is 0 Å². The van der Waals surface area contributed by atoms with Crippen LogP contribution in [0, 0.1) is 6.92 Å². The molecule has 4 aromatic carbocycles. The normalized spacial score (nSPS) is 12.7. The summed E-state index contributed by atoms with van der Waals surface area (Å²) in [5, 5.41) is 0. The molecule has 270 valence electrons. The molecule has 8 heteroatoms. The van der Waals surface area contributed by atoms with Crippen LogP contribution in [-0.2, 0) is 7.05 Å². The number of pyridine rings is 1. The zero-order valence-electron chi connectivity index (χ0n) is 31.2. The number of benzene rings is 4. The molecule has 0 bridgehead atoms. The third-order valence-electron chi connectivity index (χ3n) is 8.35. The van der Waals surface area contributed by atoms with Crippen molar-refractivity contribution in [3.05, 3.63) is 216 Å². The van der Waals surface area contributed by atoms with E-state index in [1.807, 2.05) is 90.9 Å². The Morgan fingerprint density at radius 2 is 1.06 bits per heavy atom. The number of rotatable bonds is 10. The average molecular weight is 711 g/mol. The monoisotopic (exact) mass is 710 g/mol. The smallest absolute Gasteiger partial charge is 0.170 e. The number of imidazole rings is 1. The van der Waals surface area contributed by atoms with Gasteiger partial charge in [-0.05, 0) is 61.2 Å². The Morgan fingerprint density at radius 1 is 0.500 bits per heavy atom. The number of hydrogen-bond acceptors (Lipinski definition) is 7. The van der Waals surface area contributed by atoms with Gasteiger partial charge >= 0.3 is 0 Å². The molecule has 0 fully saturated rings. The zero-order chi connectivity index (χ0) is 37.8. The molecule has 7 aromatic rings. The lowest BCUT2D eigenvalue weighted by molar-refractivity contribution is 0.818. The molecule has 0 saturated carbocycles. The van der Waals surface area contributed by atoms with Crippen molar-refractivity contribution in [2.24, 2.45) is 22.0 Å². The van der Waals surface area contributed by atoms with Gasteiger partial charge in [-0.2, -0.15) is 0 Å². The average Bonchev–Trinajstić information content (AvgIpc) is 3.65. The third kappa shape index (κ3) is 12.5. The van der Waals surface area contributed by atoms with E-state index in [2.05, 4.69) is 123 Å². The van der Waals surface area contributed by atoms with Crippen molar-refractivity contribution in [2.45, 2.75) is 38.9 Å². The summed E-state index contributed by atoms with van der Waals surface area (Å²) in [6.45, 7) is 6.23. The minimum Gasteiger partial charge on any atom is -0.333 e. The molecule has 3 atom stereocenters. The topological polar surface area (TPSA) is 93.6 Å². The minimum absolute atomic E-state index is 0.0110. The van der Waals surface area contributed by atoms with E-state index in [1.165, 1.54) is 27.8 Å². The van der Waals surface area contributed by atoms with E-state index < -0.39 is 0 Å². The first-order valence-electron chi connectivity index (χ1n) is 17.9. The Hall–Kier alpha value is -6.67. The molecule has 0 amide bonds. The van der Waals surface area contributed by atoms with E-state index in [4.69, 9.17) is 4.99 Å². The summed E-state index contributed by atoms with van der Waals surface area (Å²) in [4.78, 5) is 30.4. The molecule has 0 radical (unpaired) electrons. The Labute approximate surface area is 318 Å². The predicted octanol–water partition coefficient (Wildman–Crippen LogP) is 9.86. The van der Waals surface area contributed by atoms with Gasteiger partial charge in [0.05, 0.1) is 36.2 Å². The maximum Gasteiger partial charge on any atom is 0.170 e. The summed E-state index contributed by atoms with van der Waals surface area (Å²) >= 11 is 0. The second kappa shape index (κ2) is 21.0. The largest absolute Gasteiger partial charge is 0.333 e. The fraction of sp³-hybridized carbons (Fsp3) is 0.152. The SMILES string of the molecule is C[C@H](N=Cc1ncccn1)c1ccccc1.C[C@H](N=Cc1nccn1C)c1ccccc1.Cc1cccc(C(N=Cc2ccccn2)c2ccccc2)c1. The van der Waals surface area contributed by atoms with Crippen LogP contribution in [0.1, 0.15) is 77.1 Å². The summed E-state index contributed by atoms with van der Waals surface area (Å²) in [6, 6.07) is 47.2. The third-order valence-corrected chi connectivity index (χ3v) is 8.35. The van der Waals surface area contributed by atoms with Crippen LogP contribution < -0.4 is 0 Å². The first-order chi connectivity index (χ1) is 26.5. The van der Waals surface area contributed by atoms with Gasteiger partial charge in [-0.15, -0.1) is 0 Å². The van der Waals surface area contributed by atoms with Gasteiger partial charge in [-0.1, -0.05) is 127 Å². The highest BCUT2D eigenvalue weighted by atomic mass is 15.0. The van der Waals surface area contributed by atoms with Crippen molar-refractivity contribution in [3.63, 3.8) is 0 Å². The quantitative estimate of drug-likeness (QED) is 0.132. The van der Waals surface area contributed by atoms with Crippen LogP contribution in [0.25, 0.3) is 0 Å². The molecular formula is C46H46N8. The molecule has 0 aliphatic rings. The Balaban J connectivity index is 0.000000159. The van der Waals surface area contributed by atoms with E-state index in [1.54, 1.807) is 37.1 Å². The van der Waals surface area contributed by atoms with Gasteiger partial charge in [-0.3, -0.25) is 20.0 Å². The second-order valence-electron chi connectivity index (χ2n) is 12.5. The van der Waals surface area contributed by atoms with Gasteiger partial charge in [0.25, 0.3) is 0 Å². The molecule has 8 nitrogen and oxygen atoms in total. The summed E-state index contributed by atoms with van der Waals surface area (Å²) in [5.74, 6) is 1.52. The minimum atomic E-state index is -0.0110. The van der Waals surface area contributed by atoms with Crippen LogP contribution in [0.2, 0.25) is 0 Å². The van der Waals surface area contributed by atoms with Crippen molar-refractivity contribution in [3.8, 4) is 0 Å². The molecule has 0 saturated heterocycles. The van der Waals surface area contributed by atoms with Crippen LogP contribution in [0.4, 0.5) is 0 Å². The Kier molecular flexibility index (Phi) is 15.0. The molecule has 0 N–H and O–H groups in total. The van der Waals surface area contributed by atoms with Crippen LogP contribution in [0.15, 0.2) is 185 Å². The van der Waals surface area contributed by atoms with Crippen LogP contribution >= 0.6 is 0 Å². The Bertz CT molecular complexity index is 2170. The molecule has 3 aromatic heterocycles. The van der Waals surface area contributed by atoms with Crippen molar-refractivity contribution < 1.29 is 0 Å². The van der Waals surface area contributed by atoms with Gasteiger partial charge in [0.2, 0.25) is 0 Å². The molecule has 0 aliphatic carbocycles.